The molecule has 0 amide bonds. The number of ether oxygens (including phenoxy) is 1. The maximum atomic E-state index is 11.0. The van der Waals surface area contributed by atoms with E-state index in [9.17, 15) is 4.79 Å². The number of carbonyl (C=O) groups is 1. The maximum absolute atomic E-state index is 11.0. The summed E-state index contributed by atoms with van der Waals surface area (Å²) in [5, 5.41) is 6.54. The highest BCUT2D eigenvalue weighted by atomic mass is 16.6. The highest BCUT2D eigenvalue weighted by Crippen LogP contribution is 2.39. The van der Waals surface area contributed by atoms with Crippen molar-refractivity contribution in [1.29, 1.82) is 0 Å². The van der Waals surface area contributed by atoms with Gasteiger partial charge in [0.2, 0.25) is 0 Å². The second kappa shape index (κ2) is 2.90. The van der Waals surface area contributed by atoms with Crippen LogP contribution >= 0.6 is 0 Å². The van der Waals surface area contributed by atoms with Crippen LogP contribution < -0.4 is 5.32 Å². The molecule has 2 saturated heterocycles. The van der Waals surface area contributed by atoms with Crippen LogP contribution in [0.25, 0.3) is 10.4 Å². The van der Waals surface area contributed by atoms with Gasteiger partial charge in [-0.15, -0.1) is 0 Å². The minimum absolute atomic E-state index is 0.0920. The van der Waals surface area contributed by atoms with Gasteiger partial charge in [0.15, 0.2) is 0 Å². The minimum atomic E-state index is -0.225. The Kier molecular flexibility index (Phi) is 1.86. The summed E-state index contributed by atoms with van der Waals surface area (Å²) in [6.07, 6.45) is 0.225. The average molecular weight is 182 g/mol. The van der Waals surface area contributed by atoms with Crippen LogP contribution in [0.2, 0.25) is 0 Å². The Bertz CT molecular complexity index is 280. The first kappa shape index (κ1) is 8.34. The Morgan fingerprint density at radius 2 is 2.54 bits per heavy atom. The van der Waals surface area contributed by atoms with Crippen molar-refractivity contribution in [2.45, 2.75) is 12.5 Å². The third-order valence-corrected chi connectivity index (χ3v) is 2.72. The van der Waals surface area contributed by atoms with Gasteiger partial charge >= 0.3 is 5.97 Å². The zero-order valence-electron chi connectivity index (χ0n) is 7.06. The summed E-state index contributed by atoms with van der Waals surface area (Å²) < 4.78 is 5.08. The largest absolute Gasteiger partial charge is 0.461 e. The van der Waals surface area contributed by atoms with Crippen molar-refractivity contribution in [3.05, 3.63) is 10.4 Å². The monoisotopic (exact) mass is 182 g/mol. The van der Waals surface area contributed by atoms with E-state index in [2.05, 4.69) is 15.3 Å². The number of nitrogens with zero attached hydrogens (tertiary/aromatic N) is 3. The first-order valence-electron chi connectivity index (χ1n) is 4.18. The van der Waals surface area contributed by atoms with Gasteiger partial charge in [0.1, 0.15) is 6.10 Å². The van der Waals surface area contributed by atoms with Crippen LogP contribution in [0.4, 0.5) is 0 Å². The van der Waals surface area contributed by atoms with Gasteiger partial charge in [-0.25, -0.2) is 0 Å². The topological polar surface area (TPSA) is 87.1 Å². The van der Waals surface area contributed by atoms with Crippen LogP contribution in [0, 0.1) is 5.41 Å². The minimum Gasteiger partial charge on any atom is -0.461 e. The van der Waals surface area contributed by atoms with Crippen molar-refractivity contribution in [2.24, 2.45) is 10.5 Å². The number of cyclic esters (lactones) is 1. The number of esters is 1. The van der Waals surface area contributed by atoms with E-state index in [4.69, 9.17) is 10.3 Å². The Morgan fingerprint density at radius 1 is 1.77 bits per heavy atom. The van der Waals surface area contributed by atoms with Crippen molar-refractivity contribution in [3.8, 4) is 0 Å². The van der Waals surface area contributed by atoms with E-state index in [0.29, 0.717) is 6.42 Å². The third kappa shape index (κ3) is 1.24. The predicted molar refractivity (Wildman–Crippen MR) is 43.8 cm³/mol. The molecule has 0 saturated carbocycles. The quantitative estimate of drug-likeness (QED) is 0.286. The number of hydrogen-bond donors (Lipinski definition) is 1. The Hall–Kier alpha value is -1.26. The SMILES string of the molecule is [N-]=[N+]=NCC1OC(=O)CC12CNC2. The molecule has 1 atom stereocenters. The first-order valence-corrected chi connectivity index (χ1v) is 4.18. The van der Waals surface area contributed by atoms with Gasteiger partial charge in [0.05, 0.1) is 13.0 Å². The standard InChI is InChI=1S/C7H10N4O2/c8-11-10-2-5-7(3-9-4-7)1-6(12)13-5/h5,9H,1-4H2. The molecule has 6 heteroatoms. The Balaban J connectivity index is 2.07. The molecule has 0 aromatic heterocycles. The lowest BCUT2D eigenvalue weighted by atomic mass is 9.75. The second-order valence-corrected chi connectivity index (χ2v) is 3.53. The molecular weight excluding hydrogens is 172 g/mol. The number of nitrogens with one attached hydrogen (secondary N) is 1. The zero-order chi connectivity index (χ0) is 9.31. The van der Waals surface area contributed by atoms with Crippen LogP contribution in [0.3, 0.4) is 0 Å². The van der Waals surface area contributed by atoms with E-state index in [1.807, 2.05) is 0 Å². The molecule has 2 heterocycles. The summed E-state index contributed by atoms with van der Waals surface area (Å²) in [6, 6.07) is 0. The molecule has 13 heavy (non-hydrogen) atoms. The number of azide groups is 1. The fourth-order valence-electron chi connectivity index (χ4n) is 1.87. The summed E-state index contributed by atoms with van der Waals surface area (Å²) >= 11 is 0. The first-order chi connectivity index (χ1) is 6.27. The molecule has 2 aliphatic rings. The van der Waals surface area contributed by atoms with E-state index in [1.54, 1.807) is 0 Å². The van der Waals surface area contributed by atoms with Crippen molar-refractivity contribution < 1.29 is 9.53 Å². The molecule has 0 aromatic rings. The zero-order valence-corrected chi connectivity index (χ0v) is 7.06. The van der Waals surface area contributed by atoms with Crippen LogP contribution in [-0.4, -0.2) is 31.7 Å². The lowest BCUT2D eigenvalue weighted by Crippen LogP contribution is -2.58. The van der Waals surface area contributed by atoms with Crippen molar-refractivity contribution in [2.75, 3.05) is 19.6 Å². The molecule has 2 aliphatic heterocycles. The maximum Gasteiger partial charge on any atom is 0.306 e. The van der Waals surface area contributed by atoms with Crippen molar-refractivity contribution >= 4 is 5.97 Å². The fourth-order valence-corrected chi connectivity index (χ4v) is 1.87. The fraction of sp³-hybridized carbons (Fsp3) is 0.857. The predicted octanol–water partition coefficient (Wildman–Crippen LogP) is 0.202. The normalized spacial score (nSPS) is 29.2. The van der Waals surface area contributed by atoms with Crippen LogP contribution in [0.5, 0.6) is 0 Å². The summed E-state index contributed by atoms with van der Waals surface area (Å²) in [7, 11) is 0. The summed E-state index contributed by atoms with van der Waals surface area (Å²) in [5.41, 5.74) is 8.06. The smallest absolute Gasteiger partial charge is 0.306 e. The van der Waals surface area contributed by atoms with Gasteiger partial charge in [-0.1, -0.05) is 5.11 Å². The number of rotatable bonds is 2. The van der Waals surface area contributed by atoms with Crippen molar-refractivity contribution in [3.63, 3.8) is 0 Å². The average Bonchev–Trinajstić information content (AvgIpc) is 2.38. The highest BCUT2D eigenvalue weighted by Gasteiger charge is 2.52. The molecule has 6 nitrogen and oxygen atoms in total. The Labute approximate surface area is 74.9 Å². The molecule has 0 bridgehead atoms. The molecular formula is C7H10N4O2. The molecule has 1 unspecified atom stereocenters. The van der Waals surface area contributed by atoms with E-state index >= 15 is 0 Å². The van der Waals surface area contributed by atoms with E-state index in [0.717, 1.165) is 13.1 Å². The molecule has 2 fully saturated rings. The van der Waals surface area contributed by atoms with Crippen LogP contribution in [-0.2, 0) is 9.53 Å². The number of carbonyl (C=O) groups excluding carboxylic acids is 1. The molecule has 70 valence electrons. The van der Waals surface area contributed by atoms with Gasteiger partial charge in [-0.2, -0.15) is 0 Å². The van der Waals surface area contributed by atoms with Crippen molar-refractivity contribution in [1.82, 2.24) is 5.32 Å². The summed E-state index contributed by atoms with van der Waals surface area (Å²) in [6.45, 7) is 1.82. The Morgan fingerprint density at radius 3 is 3.08 bits per heavy atom. The molecule has 0 radical (unpaired) electrons. The van der Waals surface area contributed by atoms with Gasteiger partial charge < -0.3 is 10.1 Å². The highest BCUT2D eigenvalue weighted by molar-refractivity contribution is 5.73. The summed E-state index contributed by atoms with van der Waals surface area (Å²) in [5.74, 6) is -0.181. The lowest BCUT2D eigenvalue weighted by molar-refractivity contribution is -0.141. The van der Waals surface area contributed by atoms with Gasteiger partial charge in [0.25, 0.3) is 0 Å². The molecule has 0 aliphatic carbocycles. The number of hydrogen-bond acceptors (Lipinski definition) is 4. The molecule has 2 rings (SSSR count). The third-order valence-electron chi connectivity index (χ3n) is 2.72. The van der Waals surface area contributed by atoms with Gasteiger partial charge in [-0.05, 0) is 5.53 Å². The van der Waals surface area contributed by atoms with E-state index in [-0.39, 0.29) is 24.0 Å². The molecule has 0 aromatic carbocycles. The van der Waals surface area contributed by atoms with E-state index < -0.39 is 0 Å². The van der Waals surface area contributed by atoms with Crippen LogP contribution in [0.15, 0.2) is 5.11 Å². The van der Waals surface area contributed by atoms with Gasteiger partial charge in [-0.3, -0.25) is 4.79 Å². The molecule has 1 N–H and O–H groups in total. The van der Waals surface area contributed by atoms with Crippen LogP contribution in [0.1, 0.15) is 6.42 Å². The second-order valence-electron chi connectivity index (χ2n) is 3.53. The summed E-state index contributed by atoms with van der Waals surface area (Å²) in [4.78, 5) is 13.7. The van der Waals surface area contributed by atoms with Gasteiger partial charge in [0, 0.05) is 23.4 Å². The molecule has 1 spiro atoms. The van der Waals surface area contributed by atoms with E-state index in [1.165, 1.54) is 0 Å². The lowest BCUT2D eigenvalue weighted by Gasteiger charge is -2.40.